The van der Waals surface area contributed by atoms with Gasteiger partial charge in [0.2, 0.25) is 0 Å². The number of benzene rings is 1. The topological polar surface area (TPSA) is 68.0 Å². The molecule has 0 aliphatic rings. The number of halogens is 4. The number of amides is 1. The molecule has 0 fully saturated rings. The van der Waals surface area contributed by atoms with Crippen molar-refractivity contribution in [3.8, 4) is 0 Å². The van der Waals surface area contributed by atoms with Gasteiger partial charge in [0.1, 0.15) is 5.82 Å². The molecule has 21 heavy (non-hydrogen) atoms. The number of nitrogens with two attached hydrogens (primary N) is 1. The average molecular weight is 316 g/mol. The Hall–Kier alpha value is -2.28. The first kappa shape index (κ1) is 15.1. The highest BCUT2D eigenvalue weighted by Gasteiger charge is 2.34. The van der Waals surface area contributed by atoms with E-state index in [4.69, 9.17) is 17.3 Å². The fourth-order valence-electron chi connectivity index (χ4n) is 1.64. The Bertz CT molecular complexity index is 689. The summed E-state index contributed by atoms with van der Waals surface area (Å²) in [7, 11) is 0. The van der Waals surface area contributed by atoms with Gasteiger partial charge in [0.15, 0.2) is 0 Å². The van der Waals surface area contributed by atoms with Crippen LogP contribution in [0.25, 0.3) is 0 Å². The summed E-state index contributed by atoms with van der Waals surface area (Å²) in [4.78, 5) is 15.6. The average Bonchev–Trinajstić information content (AvgIpc) is 2.39. The molecule has 0 spiro atoms. The number of carbonyl (C=O) groups is 1. The molecule has 2 rings (SSSR count). The number of hydrogen-bond donors (Lipinski definition) is 2. The Kier molecular flexibility index (Phi) is 4.04. The second-order valence-corrected chi connectivity index (χ2v) is 4.55. The molecule has 1 aromatic heterocycles. The summed E-state index contributed by atoms with van der Waals surface area (Å²) in [5.74, 6) is -0.633. The van der Waals surface area contributed by atoms with Crippen molar-refractivity contribution in [2.45, 2.75) is 6.18 Å². The molecule has 0 unspecified atom stereocenters. The lowest BCUT2D eigenvalue weighted by Crippen LogP contribution is -2.17. The third-order valence-corrected chi connectivity index (χ3v) is 2.81. The van der Waals surface area contributed by atoms with Gasteiger partial charge < -0.3 is 11.1 Å². The molecule has 4 nitrogen and oxygen atoms in total. The summed E-state index contributed by atoms with van der Waals surface area (Å²) >= 11 is 5.56. The SMILES string of the molecule is Nc1cc(C(=O)Nc2ccc(Cl)cc2C(F)(F)F)ccn1. The molecule has 3 N–H and O–H groups in total. The molecule has 110 valence electrons. The van der Waals surface area contributed by atoms with E-state index < -0.39 is 17.6 Å². The van der Waals surface area contributed by atoms with Crippen LogP contribution < -0.4 is 11.1 Å². The number of nitrogens with zero attached hydrogens (tertiary/aromatic N) is 1. The highest BCUT2D eigenvalue weighted by molar-refractivity contribution is 6.30. The lowest BCUT2D eigenvalue weighted by atomic mass is 10.1. The minimum Gasteiger partial charge on any atom is -0.384 e. The van der Waals surface area contributed by atoms with E-state index in [-0.39, 0.29) is 22.1 Å². The molecule has 0 aliphatic carbocycles. The fraction of sp³-hybridized carbons (Fsp3) is 0.0769. The molecular formula is C13H9ClF3N3O. The smallest absolute Gasteiger partial charge is 0.384 e. The Labute approximate surface area is 122 Å². The van der Waals surface area contributed by atoms with Crippen molar-refractivity contribution < 1.29 is 18.0 Å². The van der Waals surface area contributed by atoms with Gasteiger partial charge in [-0.1, -0.05) is 11.6 Å². The Morgan fingerprint density at radius 1 is 1.24 bits per heavy atom. The number of hydrogen-bond acceptors (Lipinski definition) is 3. The summed E-state index contributed by atoms with van der Waals surface area (Å²) in [6, 6.07) is 5.70. The van der Waals surface area contributed by atoms with Crippen LogP contribution in [0.4, 0.5) is 24.7 Å². The molecule has 1 aromatic carbocycles. The van der Waals surface area contributed by atoms with Gasteiger partial charge in [-0.25, -0.2) is 4.98 Å². The van der Waals surface area contributed by atoms with Crippen LogP contribution in [0, 0.1) is 0 Å². The molecule has 0 saturated carbocycles. The number of carbonyl (C=O) groups excluding carboxylic acids is 1. The first-order chi connectivity index (χ1) is 9.77. The minimum atomic E-state index is -4.63. The van der Waals surface area contributed by atoms with E-state index in [9.17, 15) is 18.0 Å². The molecule has 0 atom stereocenters. The van der Waals surface area contributed by atoms with Crippen LogP contribution in [0.1, 0.15) is 15.9 Å². The van der Waals surface area contributed by atoms with Gasteiger partial charge in [-0.15, -0.1) is 0 Å². The van der Waals surface area contributed by atoms with Crippen molar-refractivity contribution in [1.82, 2.24) is 4.98 Å². The van der Waals surface area contributed by atoms with Gasteiger partial charge in [-0.3, -0.25) is 4.79 Å². The van der Waals surface area contributed by atoms with Gasteiger partial charge >= 0.3 is 6.18 Å². The van der Waals surface area contributed by atoms with Crippen LogP contribution in [0.5, 0.6) is 0 Å². The van der Waals surface area contributed by atoms with E-state index in [1.54, 1.807) is 0 Å². The zero-order valence-electron chi connectivity index (χ0n) is 10.4. The van der Waals surface area contributed by atoms with Gasteiger partial charge in [0, 0.05) is 16.8 Å². The normalized spacial score (nSPS) is 11.2. The lowest BCUT2D eigenvalue weighted by molar-refractivity contribution is -0.136. The number of alkyl halides is 3. The van der Waals surface area contributed by atoms with Crippen LogP contribution in [-0.2, 0) is 6.18 Å². The van der Waals surface area contributed by atoms with Crippen molar-refractivity contribution >= 4 is 29.0 Å². The summed E-state index contributed by atoms with van der Waals surface area (Å²) in [6.07, 6.45) is -3.35. The third-order valence-electron chi connectivity index (χ3n) is 2.58. The number of anilines is 2. The summed E-state index contributed by atoms with van der Waals surface area (Å²) in [5.41, 5.74) is 4.12. The Morgan fingerprint density at radius 2 is 1.95 bits per heavy atom. The molecule has 0 radical (unpaired) electrons. The highest BCUT2D eigenvalue weighted by Crippen LogP contribution is 2.36. The van der Waals surface area contributed by atoms with Gasteiger partial charge in [0.25, 0.3) is 5.91 Å². The zero-order valence-corrected chi connectivity index (χ0v) is 11.2. The lowest BCUT2D eigenvalue weighted by Gasteiger charge is -2.14. The molecule has 0 aliphatic heterocycles. The van der Waals surface area contributed by atoms with E-state index >= 15 is 0 Å². The number of nitrogen functional groups attached to an aromatic ring is 1. The Morgan fingerprint density at radius 3 is 2.57 bits per heavy atom. The third kappa shape index (κ3) is 3.63. The quantitative estimate of drug-likeness (QED) is 0.890. The fourth-order valence-corrected chi connectivity index (χ4v) is 1.82. The van der Waals surface area contributed by atoms with Crippen LogP contribution in [0.2, 0.25) is 5.02 Å². The molecular weight excluding hydrogens is 307 g/mol. The second kappa shape index (κ2) is 5.61. The van der Waals surface area contributed by atoms with Crippen molar-refractivity contribution in [3.63, 3.8) is 0 Å². The van der Waals surface area contributed by atoms with E-state index in [1.165, 1.54) is 24.4 Å². The predicted molar refractivity (Wildman–Crippen MR) is 73.1 cm³/mol. The maximum Gasteiger partial charge on any atom is 0.418 e. The largest absolute Gasteiger partial charge is 0.418 e. The number of rotatable bonds is 2. The van der Waals surface area contributed by atoms with Crippen molar-refractivity contribution in [3.05, 3.63) is 52.7 Å². The van der Waals surface area contributed by atoms with E-state index in [2.05, 4.69) is 10.3 Å². The van der Waals surface area contributed by atoms with Crippen LogP contribution in [0.15, 0.2) is 36.5 Å². The maximum absolute atomic E-state index is 12.9. The molecule has 0 bridgehead atoms. The molecule has 2 aromatic rings. The summed E-state index contributed by atoms with van der Waals surface area (Å²) in [6.45, 7) is 0. The molecule has 8 heteroatoms. The van der Waals surface area contributed by atoms with Gasteiger partial charge in [-0.2, -0.15) is 13.2 Å². The standard InChI is InChI=1S/C13H9ClF3N3O/c14-8-1-2-10(9(6-8)13(15,16)17)20-12(21)7-3-4-19-11(18)5-7/h1-6H,(H2,18,19)(H,20,21). The first-order valence-corrected chi connectivity index (χ1v) is 6.05. The predicted octanol–water partition coefficient (Wildman–Crippen LogP) is 3.59. The van der Waals surface area contributed by atoms with E-state index in [0.29, 0.717) is 0 Å². The highest BCUT2D eigenvalue weighted by atomic mass is 35.5. The minimum absolute atomic E-state index is 0.0755. The Balaban J connectivity index is 2.34. The van der Waals surface area contributed by atoms with Crippen LogP contribution in [-0.4, -0.2) is 10.9 Å². The second-order valence-electron chi connectivity index (χ2n) is 4.11. The summed E-state index contributed by atoms with van der Waals surface area (Å²) in [5, 5.41) is 2.11. The van der Waals surface area contributed by atoms with E-state index in [1.807, 2.05) is 0 Å². The monoisotopic (exact) mass is 315 g/mol. The van der Waals surface area contributed by atoms with Crippen molar-refractivity contribution in [1.29, 1.82) is 0 Å². The number of pyridine rings is 1. The number of nitrogens with one attached hydrogen (secondary N) is 1. The summed E-state index contributed by atoms with van der Waals surface area (Å²) < 4.78 is 38.7. The van der Waals surface area contributed by atoms with E-state index in [0.717, 1.165) is 12.1 Å². The van der Waals surface area contributed by atoms with Crippen molar-refractivity contribution in [2.75, 3.05) is 11.1 Å². The maximum atomic E-state index is 12.9. The molecule has 1 heterocycles. The van der Waals surface area contributed by atoms with Crippen LogP contribution in [0.3, 0.4) is 0 Å². The van der Waals surface area contributed by atoms with Gasteiger partial charge in [0.05, 0.1) is 11.3 Å². The van der Waals surface area contributed by atoms with Crippen LogP contribution >= 0.6 is 11.6 Å². The zero-order chi connectivity index (χ0) is 15.6. The molecule has 0 saturated heterocycles. The first-order valence-electron chi connectivity index (χ1n) is 5.67. The number of aromatic nitrogens is 1. The van der Waals surface area contributed by atoms with Gasteiger partial charge in [-0.05, 0) is 30.3 Å². The molecule has 1 amide bonds. The van der Waals surface area contributed by atoms with Crippen molar-refractivity contribution in [2.24, 2.45) is 0 Å².